The summed E-state index contributed by atoms with van der Waals surface area (Å²) in [6.45, 7) is 1.67. The third-order valence-corrected chi connectivity index (χ3v) is 6.15. The summed E-state index contributed by atoms with van der Waals surface area (Å²) in [5.74, 6) is 1.29. The number of halogens is 4. The molecule has 7 heteroatoms. The maximum atomic E-state index is 6.21. The number of hydrogen-bond donors (Lipinski definition) is 1. The van der Waals surface area contributed by atoms with Crippen LogP contribution in [0.5, 0.6) is 11.5 Å². The molecule has 3 aromatic rings. The first-order valence-electron chi connectivity index (χ1n) is 8.85. The van der Waals surface area contributed by atoms with Gasteiger partial charge in [0.25, 0.3) is 0 Å². The smallest absolute Gasteiger partial charge is 0.162 e. The molecule has 3 aromatic carbocycles. The van der Waals surface area contributed by atoms with Gasteiger partial charge in [-0.25, -0.2) is 0 Å². The first-order chi connectivity index (χ1) is 14.0. The second kappa shape index (κ2) is 10.6. The third-order valence-electron chi connectivity index (χ3n) is 4.30. The molecule has 0 atom stereocenters. The molecule has 0 radical (unpaired) electrons. The van der Waals surface area contributed by atoms with Gasteiger partial charge in [-0.1, -0.05) is 75.0 Å². The predicted molar refractivity (Wildman–Crippen MR) is 123 cm³/mol. The molecule has 29 heavy (non-hydrogen) atoms. The Labute approximate surface area is 194 Å². The second-order valence-electron chi connectivity index (χ2n) is 6.33. The molecule has 0 aliphatic carbocycles. The average molecular weight is 516 g/mol. The first kappa shape index (κ1) is 22.3. The van der Waals surface area contributed by atoms with Gasteiger partial charge in [-0.15, -0.1) is 0 Å². The van der Waals surface area contributed by atoms with Crippen molar-refractivity contribution in [3.05, 3.63) is 90.8 Å². The van der Waals surface area contributed by atoms with Gasteiger partial charge >= 0.3 is 0 Å². The molecule has 3 nitrogen and oxygen atoms in total. The lowest BCUT2D eigenvalue weighted by molar-refractivity contribution is 0.284. The van der Waals surface area contributed by atoms with Crippen molar-refractivity contribution in [2.45, 2.75) is 19.7 Å². The summed E-state index contributed by atoms with van der Waals surface area (Å²) in [7, 11) is 1.62. The molecule has 0 saturated carbocycles. The zero-order chi connectivity index (χ0) is 20.8. The van der Waals surface area contributed by atoms with Crippen LogP contribution in [0.4, 0.5) is 0 Å². The van der Waals surface area contributed by atoms with E-state index in [0.717, 1.165) is 26.2 Å². The fourth-order valence-electron chi connectivity index (χ4n) is 2.75. The maximum Gasteiger partial charge on any atom is 0.162 e. The van der Waals surface area contributed by atoms with Crippen molar-refractivity contribution in [3.63, 3.8) is 0 Å². The van der Waals surface area contributed by atoms with E-state index in [4.69, 9.17) is 44.3 Å². The van der Waals surface area contributed by atoms with Crippen LogP contribution in [0.2, 0.25) is 15.1 Å². The summed E-state index contributed by atoms with van der Waals surface area (Å²) in [4.78, 5) is 0. The van der Waals surface area contributed by atoms with E-state index >= 15 is 0 Å². The first-order valence-corrected chi connectivity index (χ1v) is 10.8. The molecule has 152 valence electrons. The number of nitrogens with one attached hydrogen (secondary N) is 1. The maximum absolute atomic E-state index is 6.21. The van der Waals surface area contributed by atoms with Gasteiger partial charge < -0.3 is 14.8 Å². The van der Waals surface area contributed by atoms with Crippen molar-refractivity contribution < 1.29 is 9.47 Å². The number of ether oxygens (including phenoxy) is 2. The molecule has 0 spiro atoms. The highest BCUT2D eigenvalue weighted by molar-refractivity contribution is 9.10. The molecular weight excluding hydrogens is 497 g/mol. The number of rotatable bonds is 8. The summed E-state index contributed by atoms with van der Waals surface area (Å²) >= 11 is 21.9. The number of benzene rings is 3. The molecule has 0 aliphatic rings. The van der Waals surface area contributed by atoms with Gasteiger partial charge in [0.2, 0.25) is 0 Å². The third kappa shape index (κ3) is 6.03. The SMILES string of the molecule is COc1cc(CNCc2ccccc2Cl)c(Br)cc1OCc1ccc(Cl)c(Cl)c1. The van der Waals surface area contributed by atoms with Crippen LogP contribution in [-0.2, 0) is 19.7 Å². The molecule has 0 bridgehead atoms. The van der Waals surface area contributed by atoms with Gasteiger partial charge in [-0.05, 0) is 47.0 Å². The van der Waals surface area contributed by atoms with E-state index in [0.29, 0.717) is 41.2 Å². The molecule has 0 aliphatic heterocycles. The van der Waals surface area contributed by atoms with Crippen molar-refractivity contribution in [2.24, 2.45) is 0 Å². The minimum absolute atomic E-state index is 0.351. The van der Waals surface area contributed by atoms with Gasteiger partial charge in [0.1, 0.15) is 6.61 Å². The Morgan fingerprint density at radius 1 is 0.828 bits per heavy atom. The summed E-state index contributed by atoms with van der Waals surface area (Å²) in [5, 5.41) is 5.17. The van der Waals surface area contributed by atoms with Gasteiger partial charge in [0.15, 0.2) is 11.5 Å². The van der Waals surface area contributed by atoms with Crippen LogP contribution in [0.15, 0.2) is 59.1 Å². The van der Waals surface area contributed by atoms with Crippen LogP contribution in [0.3, 0.4) is 0 Å². The highest BCUT2D eigenvalue weighted by Crippen LogP contribution is 2.34. The molecule has 3 rings (SSSR count). The average Bonchev–Trinajstić information content (AvgIpc) is 2.71. The minimum atomic E-state index is 0.351. The van der Waals surface area contributed by atoms with Crippen molar-refractivity contribution >= 4 is 50.7 Å². The van der Waals surface area contributed by atoms with E-state index in [1.165, 1.54) is 0 Å². The Morgan fingerprint density at radius 3 is 2.31 bits per heavy atom. The van der Waals surface area contributed by atoms with E-state index < -0.39 is 0 Å². The molecule has 0 amide bonds. The van der Waals surface area contributed by atoms with Crippen LogP contribution in [0, 0.1) is 0 Å². The van der Waals surface area contributed by atoms with E-state index in [-0.39, 0.29) is 0 Å². The lowest BCUT2D eigenvalue weighted by Crippen LogP contribution is -2.13. The minimum Gasteiger partial charge on any atom is -0.493 e. The fourth-order valence-corrected chi connectivity index (χ4v) is 3.73. The molecule has 0 aromatic heterocycles. The topological polar surface area (TPSA) is 30.5 Å². The van der Waals surface area contributed by atoms with Crippen LogP contribution in [0.1, 0.15) is 16.7 Å². The van der Waals surface area contributed by atoms with E-state index in [1.807, 2.05) is 42.5 Å². The normalized spacial score (nSPS) is 10.8. The molecule has 1 N–H and O–H groups in total. The van der Waals surface area contributed by atoms with Crippen molar-refractivity contribution in [1.82, 2.24) is 5.32 Å². The fraction of sp³-hybridized carbons (Fsp3) is 0.182. The zero-order valence-electron chi connectivity index (χ0n) is 15.6. The summed E-state index contributed by atoms with van der Waals surface area (Å²) in [6, 6.07) is 17.1. The van der Waals surface area contributed by atoms with Gasteiger partial charge in [0, 0.05) is 22.6 Å². The van der Waals surface area contributed by atoms with E-state index in [9.17, 15) is 0 Å². The van der Waals surface area contributed by atoms with Crippen LogP contribution >= 0.6 is 50.7 Å². The molecular formula is C22H19BrCl3NO2. The lowest BCUT2D eigenvalue weighted by Gasteiger charge is -2.15. The zero-order valence-corrected chi connectivity index (χ0v) is 19.5. The lowest BCUT2D eigenvalue weighted by atomic mass is 10.1. The summed E-state index contributed by atoms with van der Waals surface area (Å²) < 4.78 is 12.4. The molecule has 0 heterocycles. The Balaban J connectivity index is 1.66. The monoisotopic (exact) mass is 513 g/mol. The highest BCUT2D eigenvalue weighted by Gasteiger charge is 2.11. The molecule has 0 saturated heterocycles. The van der Waals surface area contributed by atoms with Crippen molar-refractivity contribution in [2.75, 3.05) is 7.11 Å². The Bertz CT molecular complexity index is 998. The second-order valence-corrected chi connectivity index (χ2v) is 8.40. The van der Waals surface area contributed by atoms with Gasteiger partial charge in [-0.2, -0.15) is 0 Å². The Hall–Kier alpha value is -1.43. The van der Waals surface area contributed by atoms with Gasteiger partial charge in [-0.3, -0.25) is 0 Å². The van der Waals surface area contributed by atoms with Crippen LogP contribution in [-0.4, -0.2) is 7.11 Å². The Morgan fingerprint density at radius 2 is 1.59 bits per heavy atom. The Kier molecular flexibility index (Phi) is 8.10. The number of methoxy groups -OCH3 is 1. The van der Waals surface area contributed by atoms with Crippen molar-refractivity contribution in [3.8, 4) is 11.5 Å². The quantitative estimate of drug-likeness (QED) is 0.342. The van der Waals surface area contributed by atoms with Gasteiger partial charge in [0.05, 0.1) is 17.2 Å². The van der Waals surface area contributed by atoms with Crippen LogP contribution in [0.25, 0.3) is 0 Å². The highest BCUT2D eigenvalue weighted by atomic mass is 79.9. The molecule has 0 unspecified atom stereocenters. The molecule has 0 fully saturated rings. The standard InChI is InChI=1S/C22H19BrCl3NO2/c1-28-21-9-16(12-27-11-15-4-2-3-5-18(15)24)17(23)10-22(21)29-13-14-6-7-19(25)20(26)8-14/h2-10,27H,11-13H2,1H3. The number of hydrogen-bond acceptors (Lipinski definition) is 3. The summed E-state index contributed by atoms with van der Waals surface area (Å²) in [5.41, 5.74) is 3.03. The van der Waals surface area contributed by atoms with Crippen molar-refractivity contribution in [1.29, 1.82) is 0 Å². The largest absolute Gasteiger partial charge is 0.493 e. The summed E-state index contributed by atoms with van der Waals surface area (Å²) in [6.07, 6.45) is 0. The van der Waals surface area contributed by atoms with E-state index in [2.05, 4.69) is 21.2 Å². The van der Waals surface area contributed by atoms with E-state index in [1.54, 1.807) is 19.2 Å². The predicted octanol–water partition coefficient (Wildman–Crippen LogP) is 7.29. The van der Waals surface area contributed by atoms with Crippen LogP contribution < -0.4 is 14.8 Å².